The third-order valence-corrected chi connectivity index (χ3v) is 3.06. The molecular formula is C16H26O7. The number of hydrogen-bond acceptors (Lipinski definition) is 7. The van der Waals surface area contributed by atoms with Crippen molar-refractivity contribution in [3.63, 3.8) is 0 Å². The molecule has 0 spiro atoms. The molecule has 0 N–H and O–H groups in total. The molecule has 0 aromatic carbocycles. The summed E-state index contributed by atoms with van der Waals surface area (Å²) < 4.78 is 14.9. The van der Waals surface area contributed by atoms with Gasteiger partial charge < -0.3 is 14.2 Å². The summed E-state index contributed by atoms with van der Waals surface area (Å²) >= 11 is 0. The molecule has 1 unspecified atom stereocenters. The van der Waals surface area contributed by atoms with E-state index in [1.54, 1.807) is 13.8 Å². The molecule has 0 aromatic rings. The zero-order chi connectivity index (χ0) is 18.0. The molecule has 0 aliphatic carbocycles. The van der Waals surface area contributed by atoms with Gasteiger partial charge in [0.2, 0.25) is 0 Å². The molecule has 0 aliphatic rings. The van der Waals surface area contributed by atoms with Crippen molar-refractivity contribution in [1.29, 1.82) is 0 Å². The number of esters is 3. The first-order valence-electron chi connectivity index (χ1n) is 7.53. The van der Waals surface area contributed by atoms with Crippen LogP contribution < -0.4 is 0 Å². The van der Waals surface area contributed by atoms with Gasteiger partial charge in [0.1, 0.15) is 6.61 Å². The van der Waals surface area contributed by atoms with Gasteiger partial charge in [-0.25, -0.2) is 0 Å². The van der Waals surface area contributed by atoms with E-state index in [-0.39, 0.29) is 31.4 Å². The lowest BCUT2D eigenvalue weighted by Gasteiger charge is -2.31. The van der Waals surface area contributed by atoms with Crippen LogP contribution in [0.15, 0.2) is 0 Å². The molecule has 0 saturated carbocycles. The van der Waals surface area contributed by atoms with Crippen molar-refractivity contribution in [2.45, 2.75) is 60.0 Å². The largest absolute Gasteiger partial charge is 0.466 e. The van der Waals surface area contributed by atoms with E-state index in [0.717, 1.165) is 0 Å². The lowest BCUT2D eigenvalue weighted by Crippen LogP contribution is -2.43. The molecular weight excluding hydrogens is 304 g/mol. The zero-order valence-electron chi connectivity index (χ0n) is 14.5. The van der Waals surface area contributed by atoms with E-state index >= 15 is 0 Å². The summed E-state index contributed by atoms with van der Waals surface area (Å²) in [5, 5.41) is 0. The van der Waals surface area contributed by atoms with Gasteiger partial charge in [0.25, 0.3) is 0 Å². The average Bonchev–Trinajstić information content (AvgIpc) is 2.41. The van der Waals surface area contributed by atoms with Gasteiger partial charge in [-0.3, -0.25) is 19.2 Å². The molecule has 0 radical (unpaired) electrons. The first-order valence-corrected chi connectivity index (χ1v) is 7.53. The standard InChI is InChI=1S/C16H26O7/c1-11(17)21-9-7-6-8-14(20)15(23-13(3)19)16(4,5)10-22-12(2)18/h15H,6-10H2,1-5H3. The topological polar surface area (TPSA) is 96.0 Å². The van der Waals surface area contributed by atoms with Crippen molar-refractivity contribution < 1.29 is 33.4 Å². The number of Topliss-reactive ketones (excluding diaryl/α,β-unsaturated/α-hetero) is 1. The second-order valence-electron chi connectivity index (χ2n) is 6.02. The van der Waals surface area contributed by atoms with Crippen LogP contribution in [0.1, 0.15) is 53.9 Å². The van der Waals surface area contributed by atoms with E-state index in [2.05, 4.69) is 0 Å². The Bertz CT molecular complexity index is 440. The fraction of sp³-hybridized carbons (Fsp3) is 0.750. The fourth-order valence-electron chi connectivity index (χ4n) is 1.94. The summed E-state index contributed by atoms with van der Waals surface area (Å²) in [6, 6.07) is 0. The minimum Gasteiger partial charge on any atom is -0.466 e. The fourth-order valence-corrected chi connectivity index (χ4v) is 1.94. The van der Waals surface area contributed by atoms with Crippen molar-refractivity contribution >= 4 is 23.7 Å². The minimum atomic E-state index is -0.993. The number of ketones is 1. The Morgan fingerprint density at radius 3 is 1.91 bits per heavy atom. The average molecular weight is 330 g/mol. The molecule has 0 aromatic heterocycles. The smallest absolute Gasteiger partial charge is 0.303 e. The summed E-state index contributed by atoms with van der Waals surface area (Å²) in [5.41, 5.74) is -0.829. The second kappa shape index (κ2) is 9.97. The van der Waals surface area contributed by atoms with Crippen molar-refractivity contribution in [2.75, 3.05) is 13.2 Å². The van der Waals surface area contributed by atoms with Crippen LogP contribution in [0.4, 0.5) is 0 Å². The molecule has 0 amide bonds. The van der Waals surface area contributed by atoms with Gasteiger partial charge in [-0.05, 0) is 12.8 Å². The van der Waals surface area contributed by atoms with Crippen LogP contribution in [0.25, 0.3) is 0 Å². The van der Waals surface area contributed by atoms with E-state index in [4.69, 9.17) is 14.2 Å². The maximum atomic E-state index is 12.3. The Kier molecular flexibility index (Phi) is 9.14. The van der Waals surface area contributed by atoms with Crippen LogP contribution in [0, 0.1) is 5.41 Å². The van der Waals surface area contributed by atoms with Gasteiger partial charge in [0.15, 0.2) is 11.9 Å². The Labute approximate surface area is 136 Å². The molecule has 0 bridgehead atoms. The highest BCUT2D eigenvalue weighted by Gasteiger charge is 2.38. The van der Waals surface area contributed by atoms with Gasteiger partial charge in [-0.2, -0.15) is 0 Å². The maximum absolute atomic E-state index is 12.3. The normalized spacial score (nSPS) is 12.2. The Morgan fingerprint density at radius 1 is 0.870 bits per heavy atom. The Morgan fingerprint density at radius 2 is 1.43 bits per heavy atom. The highest BCUT2D eigenvalue weighted by atomic mass is 16.6. The first-order chi connectivity index (χ1) is 10.6. The van der Waals surface area contributed by atoms with Gasteiger partial charge in [-0.1, -0.05) is 13.8 Å². The third-order valence-electron chi connectivity index (χ3n) is 3.06. The summed E-state index contributed by atoms with van der Waals surface area (Å²) in [7, 11) is 0. The summed E-state index contributed by atoms with van der Waals surface area (Å²) in [5.74, 6) is -1.65. The van der Waals surface area contributed by atoms with Crippen molar-refractivity contribution in [3.8, 4) is 0 Å². The second-order valence-corrected chi connectivity index (χ2v) is 6.02. The summed E-state index contributed by atoms with van der Waals surface area (Å²) in [4.78, 5) is 45.2. The van der Waals surface area contributed by atoms with Crippen LogP contribution in [0.5, 0.6) is 0 Å². The lowest BCUT2D eigenvalue weighted by molar-refractivity contribution is -0.165. The van der Waals surface area contributed by atoms with Crippen molar-refractivity contribution in [3.05, 3.63) is 0 Å². The predicted octanol–water partition coefficient (Wildman–Crippen LogP) is 1.81. The van der Waals surface area contributed by atoms with E-state index in [9.17, 15) is 19.2 Å². The number of carbonyl (C=O) groups is 4. The maximum Gasteiger partial charge on any atom is 0.303 e. The molecule has 1 atom stereocenters. The van der Waals surface area contributed by atoms with Crippen LogP contribution in [0.3, 0.4) is 0 Å². The number of ether oxygens (including phenoxy) is 3. The first kappa shape index (κ1) is 21.1. The lowest BCUT2D eigenvalue weighted by atomic mass is 9.83. The molecule has 0 fully saturated rings. The van der Waals surface area contributed by atoms with Gasteiger partial charge in [-0.15, -0.1) is 0 Å². The highest BCUT2D eigenvalue weighted by Crippen LogP contribution is 2.26. The number of carbonyl (C=O) groups excluding carboxylic acids is 4. The summed E-state index contributed by atoms with van der Waals surface area (Å²) in [6.45, 7) is 7.42. The minimum absolute atomic E-state index is 0.0283. The predicted molar refractivity (Wildman–Crippen MR) is 81.5 cm³/mol. The Hall–Kier alpha value is -1.92. The molecule has 7 heteroatoms. The number of rotatable bonds is 10. The van der Waals surface area contributed by atoms with Crippen molar-refractivity contribution in [1.82, 2.24) is 0 Å². The highest BCUT2D eigenvalue weighted by molar-refractivity contribution is 5.86. The summed E-state index contributed by atoms with van der Waals surface area (Å²) in [6.07, 6.45) is 0.242. The molecule has 132 valence electrons. The van der Waals surface area contributed by atoms with E-state index in [0.29, 0.717) is 12.8 Å². The monoisotopic (exact) mass is 330 g/mol. The molecule has 0 rings (SSSR count). The third kappa shape index (κ3) is 9.65. The van der Waals surface area contributed by atoms with Crippen LogP contribution >= 0.6 is 0 Å². The van der Waals surface area contributed by atoms with Gasteiger partial charge in [0.05, 0.1) is 6.61 Å². The molecule has 0 aliphatic heterocycles. The molecule has 23 heavy (non-hydrogen) atoms. The van der Waals surface area contributed by atoms with E-state index in [1.807, 2.05) is 0 Å². The van der Waals surface area contributed by atoms with E-state index in [1.165, 1.54) is 20.8 Å². The van der Waals surface area contributed by atoms with Crippen molar-refractivity contribution in [2.24, 2.45) is 5.41 Å². The van der Waals surface area contributed by atoms with Gasteiger partial charge >= 0.3 is 17.9 Å². The molecule has 7 nitrogen and oxygen atoms in total. The molecule has 0 saturated heterocycles. The van der Waals surface area contributed by atoms with Crippen LogP contribution in [-0.4, -0.2) is 43.0 Å². The van der Waals surface area contributed by atoms with Gasteiger partial charge in [0, 0.05) is 32.6 Å². The van der Waals surface area contributed by atoms with Crippen LogP contribution in [-0.2, 0) is 33.4 Å². The number of unbranched alkanes of at least 4 members (excludes halogenated alkanes) is 1. The number of hydrogen-bond donors (Lipinski definition) is 0. The quantitative estimate of drug-likeness (QED) is 0.342. The molecule has 0 heterocycles. The Balaban J connectivity index is 4.62. The zero-order valence-corrected chi connectivity index (χ0v) is 14.5. The SMILES string of the molecule is CC(=O)OCCCCC(=O)C(OC(C)=O)C(C)(C)COC(C)=O. The van der Waals surface area contributed by atoms with E-state index < -0.39 is 23.5 Å². The van der Waals surface area contributed by atoms with Crippen LogP contribution in [0.2, 0.25) is 0 Å².